The first-order valence-corrected chi connectivity index (χ1v) is 10.7. The summed E-state index contributed by atoms with van der Waals surface area (Å²) in [5.41, 5.74) is 3.22. The van der Waals surface area contributed by atoms with Crippen molar-refractivity contribution in [2.75, 3.05) is 11.9 Å². The van der Waals surface area contributed by atoms with Crippen molar-refractivity contribution in [1.29, 1.82) is 0 Å². The average molecular weight is 424 g/mol. The van der Waals surface area contributed by atoms with Crippen molar-refractivity contribution in [3.63, 3.8) is 0 Å². The number of fused-ring (bicyclic) bond motifs is 2. The maximum absolute atomic E-state index is 12.4. The Morgan fingerprint density at radius 1 is 1.17 bits per heavy atom. The van der Waals surface area contributed by atoms with Gasteiger partial charge in [0.05, 0.1) is 12.9 Å². The molecule has 0 aromatic heterocycles. The van der Waals surface area contributed by atoms with E-state index in [9.17, 15) is 9.90 Å². The molecule has 1 spiro atoms. The van der Waals surface area contributed by atoms with Crippen LogP contribution in [0.3, 0.4) is 0 Å². The van der Waals surface area contributed by atoms with Gasteiger partial charge in [-0.3, -0.25) is 0 Å². The number of hydrogen-bond donors (Lipinski definition) is 2. The van der Waals surface area contributed by atoms with Gasteiger partial charge in [0.1, 0.15) is 5.54 Å². The third kappa shape index (κ3) is 3.61. The molecule has 0 saturated heterocycles. The van der Waals surface area contributed by atoms with E-state index < -0.39 is 11.5 Å². The van der Waals surface area contributed by atoms with Crippen LogP contribution in [-0.4, -0.2) is 23.2 Å². The lowest BCUT2D eigenvalue weighted by molar-refractivity contribution is -0.143. The van der Waals surface area contributed by atoms with Crippen molar-refractivity contribution in [2.24, 2.45) is 0 Å². The summed E-state index contributed by atoms with van der Waals surface area (Å²) in [6.07, 6.45) is 8.53. The number of ether oxygens (including phenoxy) is 1. The molecule has 30 heavy (non-hydrogen) atoms. The fourth-order valence-corrected chi connectivity index (χ4v) is 5.03. The molecule has 0 amide bonds. The molecule has 0 aliphatic heterocycles. The summed E-state index contributed by atoms with van der Waals surface area (Å²) in [5, 5.41) is 14.0. The Hall–Kier alpha value is -2.72. The van der Waals surface area contributed by atoms with Crippen molar-refractivity contribution in [3.05, 3.63) is 82.6 Å². The van der Waals surface area contributed by atoms with E-state index in [1.807, 2.05) is 31.2 Å². The molecule has 2 aromatic rings. The second-order valence-electron chi connectivity index (χ2n) is 8.05. The highest BCUT2D eigenvalue weighted by molar-refractivity contribution is 6.30. The second kappa shape index (κ2) is 8.19. The van der Waals surface area contributed by atoms with E-state index in [0.717, 1.165) is 18.5 Å². The average Bonchev–Trinajstić information content (AvgIpc) is 3.03. The van der Waals surface area contributed by atoms with Gasteiger partial charge in [-0.1, -0.05) is 48.0 Å². The van der Waals surface area contributed by atoms with Gasteiger partial charge in [0, 0.05) is 16.1 Å². The molecule has 2 aliphatic carbocycles. The lowest BCUT2D eigenvalue weighted by Gasteiger charge is -2.45. The zero-order valence-electron chi connectivity index (χ0n) is 17.0. The van der Waals surface area contributed by atoms with Crippen LogP contribution in [-0.2, 0) is 14.9 Å². The summed E-state index contributed by atoms with van der Waals surface area (Å²) in [4.78, 5) is 12.4. The van der Waals surface area contributed by atoms with Gasteiger partial charge in [-0.05, 0) is 73.6 Å². The van der Waals surface area contributed by atoms with Gasteiger partial charge in [0.25, 0.3) is 0 Å². The molecule has 0 radical (unpaired) electrons. The molecule has 1 saturated carbocycles. The molecular weight excluding hydrogens is 398 g/mol. The highest BCUT2D eigenvalue weighted by atomic mass is 35.5. The number of benzene rings is 2. The zero-order chi connectivity index (χ0) is 21.2. The lowest BCUT2D eigenvalue weighted by Crippen LogP contribution is -2.52. The van der Waals surface area contributed by atoms with Crippen LogP contribution in [0.4, 0.5) is 5.69 Å². The highest BCUT2D eigenvalue weighted by Gasteiger charge is 2.51. The van der Waals surface area contributed by atoms with Crippen molar-refractivity contribution in [1.82, 2.24) is 0 Å². The molecular formula is C25H26ClNO3. The quantitative estimate of drug-likeness (QED) is 0.556. The Morgan fingerprint density at radius 3 is 2.63 bits per heavy atom. The first kappa shape index (κ1) is 20.5. The predicted molar refractivity (Wildman–Crippen MR) is 121 cm³/mol. The Bertz CT molecular complexity index is 1000. The van der Waals surface area contributed by atoms with E-state index in [-0.39, 0.29) is 5.41 Å². The number of carboxylic acids is 1. The van der Waals surface area contributed by atoms with Crippen LogP contribution in [0.15, 0.2) is 66.4 Å². The number of halogens is 1. The molecule has 2 aliphatic rings. The molecule has 0 bridgehead atoms. The largest absolute Gasteiger partial charge is 0.501 e. The minimum Gasteiger partial charge on any atom is -0.501 e. The fourth-order valence-electron chi connectivity index (χ4n) is 4.84. The summed E-state index contributed by atoms with van der Waals surface area (Å²) in [6, 6.07) is 15.7. The topological polar surface area (TPSA) is 58.6 Å². The van der Waals surface area contributed by atoms with Crippen LogP contribution in [0.1, 0.15) is 43.7 Å². The third-order valence-corrected chi connectivity index (χ3v) is 6.66. The number of anilines is 1. The van der Waals surface area contributed by atoms with Gasteiger partial charge in [0.2, 0.25) is 0 Å². The number of rotatable bonds is 6. The Morgan fingerprint density at radius 2 is 1.93 bits per heavy atom. The van der Waals surface area contributed by atoms with Crippen molar-refractivity contribution in [2.45, 2.75) is 43.6 Å². The maximum Gasteiger partial charge on any atom is 0.329 e. The number of carbonyl (C=O) groups is 1. The van der Waals surface area contributed by atoms with Crippen molar-refractivity contribution >= 4 is 29.3 Å². The van der Waals surface area contributed by atoms with Crippen molar-refractivity contribution in [3.8, 4) is 0 Å². The number of hydrogen-bond acceptors (Lipinski definition) is 3. The number of allylic oxidation sites excluding steroid dienone is 2. The molecule has 2 aromatic carbocycles. The summed E-state index contributed by atoms with van der Waals surface area (Å²) in [5.74, 6) is -0.820. The van der Waals surface area contributed by atoms with Crippen LogP contribution in [0.25, 0.3) is 6.08 Å². The first-order valence-electron chi connectivity index (χ1n) is 10.4. The van der Waals surface area contributed by atoms with Crippen LogP contribution < -0.4 is 5.32 Å². The second-order valence-corrected chi connectivity index (χ2v) is 8.49. The summed E-state index contributed by atoms with van der Waals surface area (Å²) in [7, 11) is 0. The maximum atomic E-state index is 12.4. The predicted octanol–water partition coefficient (Wildman–Crippen LogP) is 6.03. The molecule has 4 rings (SSSR count). The molecule has 1 fully saturated rings. The Balaban J connectivity index is 1.64. The summed E-state index contributed by atoms with van der Waals surface area (Å²) in [6.45, 7) is 2.58. The third-order valence-electron chi connectivity index (χ3n) is 6.43. The normalized spacial score (nSPS) is 25.2. The SMILES string of the molecule is CCO/C=C/C1=Cc2ccccc2C12CCC(Nc1cccc(Cl)c1)(C(=O)O)CC2. The number of carboxylic acid groups (broad SMARTS) is 1. The van der Waals surface area contributed by atoms with Gasteiger partial charge in [-0.15, -0.1) is 0 Å². The van der Waals surface area contributed by atoms with Gasteiger partial charge in [0.15, 0.2) is 0 Å². The number of nitrogens with one attached hydrogen (secondary N) is 1. The van der Waals surface area contributed by atoms with Gasteiger partial charge in [-0.25, -0.2) is 4.79 Å². The van der Waals surface area contributed by atoms with E-state index >= 15 is 0 Å². The van der Waals surface area contributed by atoms with Gasteiger partial charge >= 0.3 is 5.97 Å². The fraction of sp³-hybridized carbons (Fsp3) is 0.320. The van der Waals surface area contributed by atoms with E-state index in [1.54, 1.807) is 18.4 Å². The standard InChI is InChI=1S/C25H26ClNO3/c1-2-30-15-10-19-16-18-6-3-4-9-22(18)24(19)11-13-25(14-12-24,23(28)29)27-21-8-5-7-20(26)17-21/h3-10,15-17,27H,2,11-14H2,1H3,(H,28,29)/b15-10+. The smallest absolute Gasteiger partial charge is 0.329 e. The van der Waals surface area contributed by atoms with E-state index in [1.165, 1.54) is 16.7 Å². The number of aliphatic carboxylic acids is 1. The molecule has 156 valence electrons. The lowest BCUT2D eigenvalue weighted by atomic mass is 9.62. The molecule has 2 N–H and O–H groups in total. The minimum absolute atomic E-state index is 0.181. The Labute approximate surface area is 182 Å². The summed E-state index contributed by atoms with van der Waals surface area (Å²) >= 11 is 6.11. The Kier molecular flexibility index (Phi) is 5.61. The van der Waals surface area contributed by atoms with E-state index in [2.05, 4.69) is 29.6 Å². The molecule has 4 nitrogen and oxygen atoms in total. The van der Waals surface area contributed by atoms with E-state index in [4.69, 9.17) is 16.3 Å². The van der Waals surface area contributed by atoms with E-state index in [0.29, 0.717) is 24.5 Å². The summed E-state index contributed by atoms with van der Waals surface area (Å²) < 4.78 is 5.46. The molecule has 0 heterocycles. The van der Waals surface area contributed by atoms with Crippen LogP contribution >= 0.6 is 11.6 Å². The van der Waals surface area contributed by atoms with Crippen LogP contribution in [0.2, 0.25) is 5.02 Å². The van der Waals surface area contributed by atoms with Gasteiger partial charge in [-0.2, -0.15) is 0 Å². The molecule has 0 unspecified atom stereocenters. The monoisotopic (exact) mass is 423 g/mol. The zero-order valence-corrected chi connectivity index (χ0v) is 17.8. The van der Waals surface area contributed by atoms with Gasteiger partial charge < -0.3 is 15.2 Å². The molecule has 0 atom stereocenters. The highest BCUT2D eigenvalue weighted by Crippen LogP contribution is 2.53. The molecule has 5 heteroatoms. The van der Waals surface area contributed by atoms with Crippen molar-refractivity contribution < 1.29 is 14.6 Å². The minimum atomic E-state index is -1.01. The first-order chi connectivity index (χ1) is 14.5. The van der Waals surface area contributed by atoms with Crippen LogP contribution in [0, 0.1) is 0 Å². The van der Waals surface area contributed by atoms with Crippen LogP contribution in [0.5, 0.6) is 0 Å².